The third-order valence-electron chi connectivity index (χ3n) is 15.3. The van der Waals surface area contributed by atoms with Gasteiger partial charge in [-0.05, 0) is 138 Å². The van der Waals surface area contributed by atoms with Gasteiger partial charge in [-0.3, -0.25) is 0 Å². The van der Waals surface area contributed by atoms with E-state index in [0.717, 1.165) is 28.3 Å². The highest BCUT2D eigenvalue weighted by molar-refractivity contribution is 6.16. The van der Waals surface area contributed by atoms with Gasteiger partial charge in [0.1, 0.15) is 0 Å². The van der Waals surface area contributed by atoms with Gasteiger partial charge in [-0.15, -0.1) is 0 Å². The van der Waals surface area contributed by atoms with Crippen LogP contribution in [0.4, 0.5) is 17.1 Å². The smallest absolute Gasteiger partial charge is 0.0714 e. The van der Waals surface area contributed by atoms with E-state index in [9.17, 15) is 0 Å². The van der Waals surface area contributed by atoms with Gasteiger partial charge in [0.25, 0.3) is 0 Å². The van der Waals surface area contributed by atoms with E-state index in [-0.39, 0.29) is 0 Å². The fraction of sp³-hybridized carbons (Fsp3) is 0.0141. The quantitative estimate of drug-likeness (QED) is 0.140. The summed E-state index contributed by atoms with van der Waals surface area (Å²) in [5, 5.41) is 4.95. The molecule has 0 unspecified atom stereocenters. The molecular formula is C71H48N2. The summed E-state index contributed by atoms with van der Waals surface area (Å²) < 4.78 is 2.43. The van der Waals surface area contributed by atoms with E-state index in [2.05, 4.69) is 301 Å². The second-order valence-electron chi connectivity index (χ2n) is 19.2. The maximum absolute atomic E-state index is 2.47. The van der Waals surface area contributed by atoms with Crippen LogP contribution in [0.2, 0.25) is 0 Å². The summed E-state index contributed by atoms with van der Waals surface area (Å²) in [6.07, 6.45) is 0. The Balaban J connectivity index is 0.939. The van der Waals surface area contributed by atoms with Crippen LogP contribution in [0.25, 0.3) is 82.8 Å². The zero-order valence-electron chi connectivity index (χ0n) is 40.1. The van der Waals surface area contributed by atoms with Gasteiger partial charge in [-0.1, -0.05) is 231 Å². The summed E-state index contributed by atoms with van der Waals surface area (Å²) in [5.74, 6) is 0. The molecule has 2 nitrogen and oxygen atoms in total. The molecule has 13 aromatic rings. The second kappa shape index (κ2) is 17.4. The van der Waals surface area contributed by atoms with Crippen molar-refractivity contribution in [2.45, 2.75) is 5.41 Å². The fourth-order valence-corrected chi connectivity index (χ4v) is 12.0. The van der Waals surface area contributed by atoms with Crippen LogP contribution in [0.15, 0.2) is 291 Å². The number of rotatable bonds is 9. The van der Waals surface area contributed by atoms with Gasteiger partial charge < -0.3 is 9.47 Å². The van der Waals surface area contributed by atoms with Crippen molar-refractivity contribution in [1.29, 1.82) is 0 Å². The van der Waals surface area contributed by atoms with Crippen molar-refractivity contribution < 1.29 is 0 Å². The number of hydrogen-bond donors (Lipinski definition) is 0. The zero-order chi connectivity index (χ0) is 48.3. The van der Waals surface area contributed by atoms with Crippen LogP contribution in [-0.2, 0) is 5.41 Å². The van der Waals surface area contributed by atoms with Crippen LogP contribution in [0, 0.1) is 0 Å². The minimum absolute atomic E-state index is 0.535. The molecule has 0 N–H and O–H groups in total. The molecule has 0 saturated carbocycles. The largest absolute Gasteiger partial charge is 0.310 e. The summed E-state index contributed by atoms with van der Waals surface area (Å²) in [6.45, 7) is 0. The van der Waals surface area contributed by atoms with Crippen LogP contribution in [-0.4, -0.2) is 4.57 Å². The molecule has 12 aromatic carbocycles. The van der Waals surface area contributed by atoms with Gasteiger partial charge in [0.2, 0.25) is 0 Å². The van der Waals surface area contributed by atoms with Crippen molar-refractivity contribution in [1.82, 2.24) is 4.57 Å². The predicted octanol–water partition coefficient (Wildman–Crippen LogP) is 18.8. The highest BCUT2D eigenvalue weighted by Gasteiger charge is 2.46. The first kappa shape index (κ1) is 42.4. The number of hydrogen-bond acceptors (Lipinski definition) is 1. The van der Waals surface area contributed by atoms with Crippen molar-refractivity contribution in [2.24, 2.45) is 0 Å². The zero-order valence-corrected chi connectivity index (χ0v) is 40.1. The van der Waals surface area contributed by atoms with E-state index in [1.54, 1.807) is 0 Å². The first-order valence-electron chi connectivity index (χ1n) is 25.2. The maximum Gasteiger partial charge on any atom is 0.0714 e. The molecule has 1 aliphatic carbocycles. The van der Waals surface area contributed by atoms with Crippen molar-refractivity contribution in [3.05, 3.63) is 313 Å². The summed E-state index contributed by atoms with van der Waals surface area (Å²) in [6, 6.07) is 107. The molecule has 1 aliphatic rings. The first-order valence-corrected chi connectivity index (χ1v) is 25.2. The third kappa shape index (κ3) is 6.94. The van der Waals surface area contributed by atoms with Crippen LogP contribution >= 0.6 is 0 Å². The summed E-state index contributed by atoms with van der Waals surface area (Å²) in [5.41, 5.74) is 21.0. The van der Waals surface area contributed by atoms with Gasteiger partial charge in [-0.2, -0.15) is 0 Å². The lowest BCUT2D eigenvalue weighted by Gasteiger charge is -2.35. The Morgan fingerprint density at radius 1 is 0.288 bits per heavy atom. The third-order valence-corrected chi connectivity index (χ3v) is 15.3. The number of para-hydroxylation sites is 1. The standard InChI is InChI=1S/C71H48N2/c1-4-18-49(19-5-1)51-34-36-52(37-35-51)55-22-16-27-59(46-55)72(61-44-45-64-63-28-12-14-31-66(63)71(67(64)48-61,56-23-6-2-7-24-56)57-25-8-3-9-26-57)58-41-39-53(40-42-58)62-30-17-33-69-70(62)65-29-13-15-32-68(65)73(69)60-43-38-50-20-10-11-21-54(50)47-60/h1-48H. The second-order valence-corrected chi connectivity index (χ2v) is 19.2. The highest BCUT2D eigenvalue weighted by atomic mass is 15.1. The Bertz CT molecular complexity index is 4130. The lowest BCUT2D eigenvalue weighted by atomic mass is 9.67. The van der Waals surface area contributed by atoms with Gasteiger partial charge >= 0.3 is 0 Å². The number of anilines is 3. The van der Waals surface area contributed by atoms with Crippen molar-refractivity contribution in [3.63, 3.8) is 0 Å². The van der Waals surface area contributed by atoms with E-state index in [1.807, 2.05) is 0 Å². The number of aromatic nitrogens is 1. The monoisotopic (exact) mass is 928 g/mol. The van der Waals surface area contributed by atoms with E-state index >= 15 is 0 Å². The average molecular weight is 929 g/mol. The van der Waals surface area contributed by atoms with E-state index in [1.165, 1.54) is 93.8 Å². The number of fused-ring (bicyclic) bond motifs is 7. The van der Waals surface area contributed by atoms with Crippen molar-refractivity contribution >= 4 is 49.6 Å². The molecule has 0 spiro atoms. The molecule has 0 bridgehead atoms. The average Bonchev–Trinajstić information content (AvgIpc) is 4.02. The van der Waals surface area contributed by atoms with Crippen LogP contribution < -0.4 is 4.90 Å². The molecule has 0 amide bonds. The fourth-order valence-electron chi connectivity index (χ4n) is 12.0. The number of nitrogens with zero attached hydrogens (tertiary/aromatic N) is 2. The Labute approximate surface area is 426 Å². The molecule has 0 radical (unpaired) electrons. The van der Waals surface area contributed by atoms with E-state index in [4.69, 9.17) is 0 Å². The van der Waals surface area contributed by atoms with E-state index in [0.29, 0.717) is 0 Å². The summed E-state index contributed by atoms with van der Waals surface area (Å²) in [4.78, 5) is 2.45. The molecule has 0 fully saturated rings. The molecule has 2 heteroatoms. The molecule has 14 rings (SSSR count). The lowest BCUT2D eigenvalue weighted by molar-refractivity contribution is 0.768. The van der Waals surface area contributed by atoms with Crippen molar-refractivity contribution in [3.8, 4) is 50.2 Å². The first-order chi connectivity index (χ1) is 36.2. The Morgan fingerprint density at radius 3 is 1.59 bits per heavy atom. The SMILES string of the molecule is c1ccc(-c2ccc(-c3cccc(N(c4ccc(-c5cccc6c5c5ccccc5n6-c5ccc6ccccc6c5)cc4)c4ccc5c(c4)C(c4ccccc4)(c4ccccc4)c4ccccc4-5)c3)cc2)cc1. The van der Waals surface area contributed by atoms with Gasteiger partial charge in [-0.25, -0.2) is 0 Å². The molecule has 1 heterocycles. The van der Waals surface area contributed by atoms with Crippen molar-refractivity contribution in [2.75, 3.05) is 4.90 Å². The molecule has 1 aromatic heterocycles. The molecule has 0 aliphatic heterocycles. The normalized spacial score (nSPS) is 12.5. The molecular weight excluding hydrogens is 881 g/mol. The molecule has 73 heavy (non-hydrogen) atoms. The minimum Gasteiger partial charge on any atom is -0.310 e. The van der Waals surface area contributed by atoms with Crippen LogP contribution in [0.3, 0.4) is 0 Å². The summed E-state index contributed by atoms with van der Waals surface area (Å²) in [7, 11) is 0. The van der Waals surface area contributed by atoms with E-state index < -0.39 is 5.41 Å². The van der Waals surface area contributed by atoms with Gasteiger partial charge in [0.15, 0.2) is 0 Å². The topological polar surface area (TPSA) is 8.17 Å². The van der Waals surface area contributed by atoms with Gasteiger partial charge in [0, 0.05) is 33.5 Å². The predicted molar refractivity (Wildman–Crippen MR) is 307 cm³/mol. The Hall–Kier alpha value is -9.50. The van der Waals surface area contributed by atoms with Crippen LogP contribution in [0.1, 0.15) is 22.3 Å². The summed E-state index contributed by atoms with van der Waals surface area (Å²) >= 11 is 0. The molecule has 0 atom stereocenters. The Kier molecular flexibility index (Phi) is 10.1. The Morgan fingerprint density at radius 2 is 0.822 bits per heavy atom. The molecule has 0 saturated heterocycles. The van der Waals surface area contributed by atoms with Crippen LogP contribution in [0.5, 0.6) is 0 Å². The number of benzene rings is 12. The minimum atomic E-state index is -0.535. The maximum atomic E-state index is 2.47. The van der Waals surface area contributed by atoms with Gasteiger partial charge in [0.05, 0.1) is 16.4 Å². The molecule has 342 valence electrons. The highest BCUT2D eigenvalue weighted by Crippen LogP contribution is 2.57. The lowest BCUT2D eigenvalue weighted by Crippen LogP contribution is -2.28.